The lowest BCUT2D eigenvalue weighted by Gasteiger charge is -2.20. The van der Waals surface area contributed by atoms with E-state index in [1.54, 1.807) is 23.0 Å². The maximum Gasteiger partial charge on any atom is 0.153 e. The van der Waals surface area contributed by atoms with E-state index in [0.717, 1.165) is 22.2 Å². The Morgan fingerprint density at radius 1 is 1.24 bits per heavy atom. The van der Waals surface area contributed by atoms with E-state index in [1.807, 2.05) is 52.0 Å². The van der Waals surface area contributed by atoms with Crippen molar-refractivity contribution in [3.05, 3.63) is 65.0 Å². The third-order valence-electron chi connectivity index (χ3n) is 5.44. The highest BCUT2D eigenvalue weighted by molar-refractivity contribution is 5.85. The number of para-hydroxylation sites is 1. The van der Waals surface area contributed by atoms with Crippen LogP contribution in [0.3, 0.4) is 0 Å². The molecule has 0 amide bonds. The van der Waals surface area contributed by atoms with Crippen molar-refractivity contribution in [3.63, 3.8) is 0 Å². The van der Waals surface area contributed by atoms with Crippen molar-refractivity contribution in [1.82, 2.24) is 9.55 Å². The summed E-state index contributed by atoms with van der Waals surface area (Å²) >= 11 is 0. The van der Waals surface area contributed by atoms with Crippen molar-refractivity contribution < 1.29 is 4.79 Å². The molecule has 5 nitrogen and oxygen atoms in total. The summed E-state index contributed by atoms with van der Waals surface area (Å²) in [5.74, 6) is 0.150. The fraction of sp³-hybridized carbons (Fsp3) is 0.333. The maximum atomic E-state index is 12.7. The lowest BCUT2D eigenvalue weighted by molar-refractivity contribution is -0.119. The van der Waals surface area contributed by atoms with Gasteiger partial charge in [-0.2, -0.15) is 10.5 Å². The summed E-state index contributed by atoms with van der Waals surface area (Å²) in [6, 6.07) is 15.9. The minimum absolute atomic E-state index is 0.0620. The number of nitriles is 2. The van der Waals surface area contributed by atoms with Crippen LogP contribution >= 0.6 is 0 Å². The van der Waals surface area contributed by atoms with Gasteiger partial charge in [0.25, 0.3) is 0 Å². The molecule has 146 valence electrons. The zero-order chi connectivity index (χ0) is 21.2. The van der Waals surface area contributed by atoms with E-state index in [1.165, 1.54) is 0 Å². The van der Waals surface area contributed by atoms with Crippen molar-refractivity contribution >= 4 is 16.8 Å². The molecule has 0 spiro atoms. The van der Waals surface area contributed by atoms with Crippen molar-refractivity contribution in [1.29, 1.82) is 10.5 Å². The summed E-state index contributed by atoms with van der Waals surface area (Å²) < 4.78 is 1.76. The number of carbonyl (C=O) groups is 1. The van der Waals surface area contributed by atoms with Gasteiger partial charge in [0.1, 0.15) is 6.07 Å². The van der Waals surface area contributed by atoms with Crippen LogP contribution in [0.1, 0.15) is 55.4 Å². The third-order valence-corrected chi connectivity index (χ3v) is 5.44. The molecule has 1 heterocycles. The second-order valence-electron chi connectivity index (χ2n) is 8.11. The van der Waals surface area contributed by atoms with Gasteiger partial charge >= 0.3 is 0 Å². The van der Waals surface area contributed by atoms with E-state index in [-0.39, 0.29) is 18.2 Å². The molecule has 0 saturated heterocycles. The van der Waals surface area contributed by atoms with Crippen LogP contribution < -0.4 is 0 Å². The lowest BCUT2D eigenvalue weighted by Crippen LogP contribution is -2.15. The standard InChI is InChI=1S/C24H24N4O/c1-16-10-19(24(3,4)14-26)8-9-21(16)17(2)11-20(29)13-28-15-27-22-7-5-6-18(12-25)23(22)28/h5-10,15,17H,11,13H2,1-4H3. The molecule has 0 bridgehead atoms. The zero-order valence-corrected chi connectivity index (χ0v) is 17.2. The molecule has 2 aromatic carbocycles. The number of aromatic nitrogens is 2. The molecule has 29 heavy (non-hydrogen) atoms. The van der Waals surface area contributed by atoms with Gasteiger partial charge in [0.15, 0.2) is 5.78 Å². The van der Waals surface area contributed by atoms with Crippen LogP contribution in [0.5, 0.6) is 0 Å². The van der Waals surface area contributed by atoms with Gasteiger partial charge in [-0.25, -0.2) is 4.98 Å². The summed E-state index contributed by atoms with van der Waals surface area (Å²) in [4.78, 5) is 17.1. The molecule has 3 rings (SSSR count). The number of Topliss-reactive ketones (excluding diaryl/α,β-unsaturated/α-hetero) is 1. The van der Waals surface area contributed by atoms with Crippen molar-refractivity contribution in [2.24, 2.45) is 0 Å². The molecule has 3 aromatic rings. The number of hydrogen-bond acceptors (Lipinski definition) is 4. The number of rotatable bonds is 6. The molecule has 5 heteroatoms. The summed E-state index contributed by atoms with van der Waals surface area (Å²) in [5, 5.41) is 18.7. The predicted molar refractivity (Wildman–Crippen MR) is 112 cm³/mol. The molecule has 1 aromatic heterocycles. The van der Waals surface area contributed by atoms with E-state index in [4.69, 9.17) is 0 Å². The first-order valence-electron chi connectivity index (χ1n) is 9.64. The van der Waals surface area contributed by atoms with Gasteiger partial charge in [-0.05, 0) is 55.5 Å². The Balaban J connectivity index is 1.77. The van der Waals surface area contributed by atoms with Crippen LogP contribution in [-0.4, -0.2) is 15.3 Å². The van der Waals surface area contributed by atoms with E-state index >= 15 is 0 Å². The Kier molecular flexibility index (Phi) is 5.52. The Labute approximate surface area is 171 Å². The Morgan fingerprint density at radius 2 is 2.00 bits per heavy atom. The van der Waals surface area contributed by atoms with Crippen LogP contribution in [0.15, 0.2) is 42.7 Å². The zero-order valence-electron chi connectivity index (χ0n) is 17.2. The number of nitrogens with zero attached hydrogens (tertiary/aromatic N) is 4. The van der Waals surface area contributed by atoms with Gasteiger partial charge in [0.05, 0.1) is 41.0 Å². The largest absolute Gasteiger partial charge is 0.322 e. The molecule has 0 aliphatic carbocycles. The Hall–Kier alpha value is -3.44. The van der Waals surface area contributed by atoms with Gasteiger partial charge in [0, 0.05) is 6.42 Å². The van der Waals surface area contributed by atoms with Gasteiger partial charge in [-0.3, -0.25) is 4.79 Å². The first-order valence-corrected chi connectivity index (χ1v) is 9.64. The van der Waals surface area contributed by atoms with E-state index < -0.39 is 5.41 Å². The van der Waals surface area contributed by atoms with Crippen LogP contribution in [0, 0.1) is 29.6 Å². The minimum atomic E-state index is -0.538. The molecule has 1 unspecified atom stereocenters. The molecule has 0 saturated carbocycles. The number of carbonyl (C=O) groups excluding carboxylic acids is 1. The average Bonchev–Trinajstić information content (AvgIpc) is 3.10. The number of ketones is 1. The maximum absolute atomic E-state index is 12.7. The van der Waals surface area contributed by atoms with Gasteiger partial charge in [0.2, 0.25) is 0 Å². The van der Waals surface area contributed by atoms with E-state index in [0.29, 0.717) is 17.5 Å². The average molecular weight is 384 g/mol. The first-order chi connectivity index (χ1) is 13.8. The number of fused-ring (bicyclic) bond motifs is 1. The van der Waals surface area contributed by atoms with Crippen LogP contribution in [0.2, 0.25) is 0 Å². The summed E-state index contributed by atoms with van der Waals surface area (Å²) in [5.41, 5.74) is 4.59. The van der Waals surface area contributed by atoms with Gasteiger partial charge in [-0.15, -0.1) is 0 Å². The minimum Gasteiger partial charge on any atom is -0.322 e. The summed E-state index contributed by atoms with van der Waals surface area (Å²) in [7, 11) is 0. The third kappa shape index (κ3) is 4.05. The van der Waals surface area contributed by atoms with E-state index in [2.05, 4.69) is 17.1 Å². The topological polar surface area (TPSA) is 82.5 Å². The van der Waals surface area contributed by atoms with Crippen LogP contribution in [-0.2, 0) is 16.8 Å². The SMILES string of the molecule is Cc1cc(C(C)(C)C#N)ccc1C(C)CC(=O)Cn1cnc2cccc(C#N)c21. The first kappa shape index (κ1) is 20.3. The highest BCUT2D eigenvalue weighted by atomic mass is 16.1. The quantitative estimate of drug-likeness (QED) is 0.612. The Morgan fingerprint density at radius 3 is 2.66 bits per heavy atom. The highest BCUT2D eigenvalue weighted by Gasteiger charge is 2.22. The van der Waals surface area contributed by atoms with Crippen molar-refractivity contribution in [2.45, 2.75) is 52.0 Å². The molecule has 0 aliphatic heterocycles. The fourth-order valence-electron chi connectivity index (χ4n) is 3.73. The molecule has 0 aliphatic rings. The Bertz CT molecular complexity index is 1160. The summed E-state index contributed by atoms with van der Waals surface area (Å²) in [6.45, 7) is 8.06. The second kappa shape index (κ2) is 7.89. The molecular weight excluding hydrogens is 360 g/mol. The monoisotopic (exact) mass is 384 g/mol. The van der Waals surface area contributed by atoms with Gasteiger partial charge < -0.3 is 4.57 Å². The van der Waals surface area contributed by atoms with Crippen LogP contribution in [0.4, 0.5) is 0 Å². The second-order valence-corrected chi connectivity index (χ2v) is 8.11. The molecule has 0 N–H and O–H groups in total. The van der Waals surface area contributed by atoms with E-state index in [9.17, 15) is 15.3 Å². The summed E-state index contributed by atoms with van der Waals surface area (Å²) in [6.07, 6.45) is 2.02. The van der Waals surface area contributed by atoms with Gasteiger partial charge in [-0.1, -0.05) is 31.2 Å². The molecule has 0 fully saturated rings. The number of benzene rings is 2. The number of hydrogen-bond donors (Lipinski definition) is 0. The number of imidazole rings is 1. The number of aryl methyl sites for hydroxylation is 1. The fourth-order valence-corrected chi connectivity index (χ4v) is 3.73. The van der Waals surface area contributed by atoms with Crippen LogP contribution in [0.25, 0.3) is 11.0 Å². The smallest absolute Gasteiger partial charge is 0.153 e. The predicted octanol–water partition coefficient (Wildman–Crippen LogP) is 4.78. The lowest BCUT2D eigenvalue weighted by atomic mass is 9.82. The molecule has 0 radical (unpaired) electrons. The normalized spacial score (nSPS) is 12.3. The van der Waals surface area contributed by atoms with Crippen molar-refractivity contribution in [3.8, 4) is 12.1 Å². The molecule has 1 atom stereocenters. The highest BCUT2D eigenvalue weighted by Crippen LogP contribution is 2.29. The molecular formula is C24H24N4O. The van der Waals surface area contributed by atoms with Crippen molar-refractivity contribution in [2.75, 3.05) is 0 Å².